The monoisotopic (exact) mass is 490 g/mol. The van der Waals surface area contributed by atoms with Crippen LogP contribution in [-0.4, -0.2) is 47.0 Å². The fraction of sp³-hybridized carbons (Fsp3) is 0.385. The minimum absolute atomic E-state index is 0.0993. The molecule has 3 N–H and O–H groups in total. The number of nitrogens with two attached hydrogens (primary N) is 1. The molecule has 9 heteroatoms. The van der Waals surface area contributed by atoms with Crippen LogP contribution in [0.25, 0.3) is 10.6 Å². The van der Waals surface area contributed by atoms with Crippen molar-refractivity contribution in [1.29, 1.82) is 5.26 Å². The Labute approximate surface area is 209 Å². The van der Waals surface area contributed by atoms with Gasteiger partial charge in [0.1, 0.15) is 22.3 Å². The van der Waals surface area contributed by atoms with Crippen molar-refractivity contribution in [2.24, 2.45) is 5.92 Å². The highest BCUT2D eigenvalue weighted by molar-refractivity contribution is 7.15. The second kappa shape index (κ2) is 11.3. The normalized spacial score (nSPS) is 14.4. The maximum absolute atomic E-state index is 12.7. The van der Waals surface area contributed by atoms with Gasteiger partial charge in [-0.25, -0.2) is 9.97 Å². The predicted octanol–water partition coefficient (Wildman–Crippen LogP) is 4.01. The van der Waals surface area contributed by atoms with E-state index in [0.717, 1.165) is 48.7 Å². The number of amides is 1. The van der Waals surface area contributed by atoms with E-state index in [-0.39, 0.29) is 28.7 Å². The second-order valence-electron chi connectivity index (χ2n) is 8.64. The highest BCUT2D eigenvalue weighted by atomic mass is 32.1. The molecule has 3 aromatic rings. The fourth-order valence-electron chi connectivity index (χ4n) is 4.17. The van der Waals surface area contributed by atoms with Gasteiger partial charge in [0, 0.05) is 23.5 Å². The molecule has 1 aliphatic rings. The number of aryl methyl sites for hydroxylation is 1. The number of likely N-dealkylation sites (tertiary alicyclic amines) is 1. The quantitative estimate of drug-likeness (QED) is 0.490. The van der Waals surface area contributed by atoms with Crippen LogP contribution in [0, 0.1) is 24.2 Å². The third-order valence-corrected chi connectivity index (χ3v) is 7.37. The number of carbonyl (C=O) groups excluding carboxylic acids is 1. The van der Waals surface area contributed by atoms with E-state index in [0.29, 0.717) is 19.1 Å². The molecule has 3 heterocycles. The largest absolute Gasteiger partial charge is 0.477 e. The van der Waals surface area contributed by atoms with E-state index >= 15 is 0 Å². The van der Waals surface area contributed by atoms with Gasteiger partial charge in [0.15, 0.2) is 0 Å². The number of carbonyl (C=O) groups is 1. The van der Waals surface area contributed by atoms with Crippen molar-refractivity contribution < 1.29 is 9.53 Å². The maximum Gasteiger partial charge on any atom is 0.270 e. The van der Waals surface area contributed by atoms with E-state index in [1.165, 1.54) is 10.9 Å². The lowest BCUT2D eigenvalue weighted by Crippen LogP contribution is -2.38. The fourth-order valence-corrected chi connectivity index (χ4v) is 5.28. The average Bonchev–Trinajstić information content (AvgIpc) is 3.24. The Bertz CT molecular complexity index is 1210. The second-order valence-corrected chi connectivity index (χ2v) is 9.73. The van der Waals surface area contributed by atoms with Gasteiger partial charge in [0.05, 0.1) is 18.0 Å². The highest BCUT2D eigenvalue weighted by Gasteiger charge is 2.23. The van der Waals surface area contributed by atoms with Gasteiger partial charge in [-0.2, -0.15) is 5.26 Å². The molecular weight excluding hydrogens is 460 g/mol. The molecule has 0 radical (unpaired) electrons. The van der Waals surface area contributed by atoms with Crippen LogP contribution in [0.4, 0.5) is 5.69 Å². The Balaban J connectivity index is 1.28. The van der Waals surface area contributed by atoms with E-state index in [9.17, 15) is 10.1 Å². The molecule has 35 heavy (non-hydrogen) atoms. The molecule has 0 unspecified atom stereocenters. The van der Waals surface area contributed by atoms with Crippen LogP contribution < -0.4 is 15.8 Å². The Morgan fingerprint density at radius 3 is 2.71 bits per heavy atom. The Morgan fingerprint density at radius 1 is 1.29 bits per heavy atom. The molecule has 1 saturated heterocycles. The molecule has 0 bridgehead atoms. The van der Waals surface area contributed by atoms with Crippen molar-refractivity contribution in [3.63, 3.8) is 0 Å². The van der Waals surface area contributed by atoms with E-state index in [1.807, 2.05) is 24.3 Å². The zero-order chi connectivity index (χ0) is 24.8. The number of hydrogen-bond acceptors (Lipinski definition) is 8. The number of hydrogen-bond donors (Lipinski definition) is 2. The van der Waals surface area contributed by atoms with Crippen LogP contribution >= 0.6 is 11.3 Å². The summed E-state index contributed by atoms with van der Waals surface area (Å²) in [4.78, 5) is 25.4. The third-order valence-electron chi connectivity index (χ3n) is 6.18. The maximum atomic E-state index is 12.7. The number of thiazole rings is 1. The van der Waals surface area contributed by atoms with E-state index in [1.54, 1.807) is 18.3 Å². The van der Waals surface area contributed by atoms with E-state index < -0.39 is 0 Å². The van der Waals surface area contributed by atoms with Crippen LogP contribution in [0.1, 0.15) is 46.4 Å². The highest BCUT2D eigenvalue weighted by Crippen LogP contribution is 2.30. The van der Waals surface area contributed by atoms with Crippen molar-refractivity contribution >= 4 is 22.9 Å². The molecule has 0 spiro atoms. The summed E-state index contributed by atoms with van der Waals surface area (Å²) in [6.45, 7) is 7.65. The number of piperidine rings is 1. The van der Waals surface area contributed by atoms with Gasteiger partial charge in [-0.15, -0.1) is 11.3 Å². The number of pyridine rings is 1. The summed E-state index contributed by atoms with van der Waals surface area (Å²) in [5.74, 6) is 0.195. The lowest BCUT2D eigenvalue weighted by Gasteiger charge is -2.31. The first-order valence-electron chi connectivity index (χ1n) is 11.8. The topological polar surface area (TPSA) is 117 Å². The number of anilines is 1. The zero-order valence-electron chi connectivity index (χ0n) is 20.1. The number of rotatable bonds is 8. The first kappa shape index (κ1) is 24.6. The van der Waals surface area contributed by atoms with Gasteiger partial charge in [-0.1, -0.05) is 30.3 Å². The molecular formula is C26H30N6O2S. The molecule has 0 atom stereocenters. The van der Waals surface area contributed by atoms with E-state index in [4.69, 9.17) is 15.5 Å². The molecule has 182 valence electrons. The Hall–Kier alpha value is -3.48. The predicted molar refractivity (Wildman–Crippen MR) is 137 cm³/mol. The molecule has 1 amide bonds. The SMILES string of the molecule is CCOc1nc(C(=O)NCC2CCN(Cc3sc(-c4ccccc4)nc3C)CC2)cc(N)c1C#N. The van der Waals surface area contributed by atoms with Gasteiger partial charge >= 0.3 is 0 Å². The number of ether oxygens (including phenoxy) is 1. The van der Waals surface area contributed by atoms with Crippen molar-refractivity contribution in [2.45, 2.75) is 33.2 Å². The van der Waals surface area contributed by atoms with Gasteiger partial charge in [-0.05, 0) is 51.8 Å². The van der Waals surface area contributed by atoms with Crippen LogP contribution in [-0.2, 0) is 6.54 Å². The Kier molecular flexibility index (Phi) is 7.95. The van der Waals surface area contributed by atoms with Crippen LogP contribution in [0.3, 0.4) is 0 Å². The molecule has 1 aromatic carbocycles. The summed E-state index contributed by atoms with van der Waals surface area (Å²) in [6, 6.07) is 13.7. The van der Waals surface area contributed by atoms with Crippen LogP contribution in [0.5, 0.6) is 5.88 Å². The summed E-state index contributed by atoms with van der Waals surface area (Å²) >= 11 is 1.77. The number of nitrogens with zero attached hydrogens (tertiary/aromatic N) is 4. The van der Waals surface area contributed by atoms with Crippen LogP contribution in [0.15, 0.2) is 36.4 Å². The minimum Gasteiger partial charge on any atom is -0.477 e. The number of nitrogen functional groups attached to an aromatic ring is 1. The van der Waals surface area contributed by atoms with Gasteiger partial charge in [0.2, 0.25) is 5.88 Å². The molecule has 0 saturated carbocycles. The zero-order valence-corrected chi connectivity index (χ0v) is 20.9. The smallest absolute Gasteiger partial charge is 0.270 e. The summed E-state index contributed by atoms with van der Waals surface area (Å²) in [5, 5.41) is 13.3. The van der Waals surface area contributed by atoms with Crippen molar-refractivity contribution in [3.8, 4) is 22.5 Å². The first-order chi connectivity index (χ1) is 17.0. The summed E-state index contributed by atoms with van der Waals surface area (Å²) in [7, 11) is 0. The van der Waals surface area contributed by atoms with E-state index in [2.05, 4.69) is 34.3 Å². The number of benzene rings is 1. The summed E-state index contributed by atoms with van der Waals surface area (Å²) in [6.07, 6.45) is 2.02. The van der Waals surface area contributed by atoms with Gasteiger partial charge in [-0.3, -0.25) is 9.69 Å². The van der Waals surface area contributed by atoms with Crippen molar-refractivity contribution in [2.75, 3.05) is 32.0 Å². The Morgan fingerprint density at radius 2 is 2.03 bits per heavy atom. The molecule has 4 rings (SSSR count). The molecule has 1 fully saturated rings. The number of nitrogens with one attached hydrogen (secondary N) is 1. The van der Waals surface area contributed by atoms with Crippen molar-refractivity contribution in [3.05, 3.63) is 58.2 Å². The van der Waals surface area contributed by atoms with Gasteiger partial charge < -0.3 is 15.8 Å². The minimum atomic E-state index is -0.307. The average molecular weight is 491 g/mol. The summed E-state index contributed by atoms with van der Waals surface area (Å²) < 4.78 is 5.39. The molecule has 1 aliphatic heterocycles. The molecule has 2 aromatic heterocycles. The number of aromatic nitrogens is 2. The van der Waals surface area contributed by atoms with Crippen LogP contribution in [0.2, 0.25) is 0 Å². The first-order valence-corrected chi connectivity index (χ1v) is 12.7. The lowest BCUT2D eigenvalue weighted by atomic mass is 9.96. The molecule has 8 nitrogen and oxygen atoms in total. The van der Waals surface area contributed by atoms with Crippen molar-refractivity contribution in [1.82, 2.24) is 20.2 Å². The molecule has 0 aliphatic carbocycles. The third kappa shape index (κ3) is 5.96. The lowest BCUT2D eigenvalue weighted by molar-refractivity contribution is 0.0929. The number of nitriles is 1. The standard InChI is InChI=1S/C26H30N6O2S/c1-3-34-25-20(14-27)21(28)13-22(31-25)24(33)29-15-18-9-11-32(12-10-18)16-23-17(2)30-26(35-23)19-7-5-4-6-8-19/h4-8,13,18H,3,9-12,15-16H2,1-2H3,(H2,28,31)(H,29,33). The van der Waals surface area contributed by atoms with Gasteiger partial charge in [0.25, 0.3) is 5.91 Å². The summed E-state index contributed by atoms with van der Waals surface area (Å²) in [5.41, 5.74) is 8.71.